The zero-order chi connectivity index (χ0) is 22.9. The summed E-state index contributed by atoms with van der Waals surface area (Å²) in [5.74, 6) is 0.673. The van der Waals surface area contributed by atoms with E-state index in [1.54, 1.807) is 4.90 Å². The lowest BCUT2D eigenvalue weighted by molar-refractivity contribution is -0.137. The number of alkyl halides is 3. The highest BCUT2D eigenvalue weighted by molar-refractivity contribution is 5.61. The predicted octanol–water partition coefficient (Wildman–Crippen LogP) is 4.68. The number of piperidine rings is 2. The number of anilines is 4. The summed E-state index contributed by atoms with van der Waals surface area (Å²) in [6.45, 7) is 6.69. The molecule has 9 heteroatoms. The van der Waals surface area contributed by atoms with E-state index in [9.17, 15) is 18.3 Å². The Morgan fingerprint density at radius 3 is 2.34 bits per heavy atom. The van der Waals surface area contributed by atoms with Crippen molar-refractivity contribution in [2.75, 3.05) is 41.3 Å². The lowest BCUT2D eigenvalue weighted by Crippen LogP contribution is -2.40. The van der Waals surface area contributed by atoms with Gasteiger partial charge in [-0.3, -0.25) is 0 Å². The summed E-state index contributed by atoms with van der Waals surface area (Å²) in [4.78, 5) is 12.1. The normalized spacial score (nSPS) is 24.5. The number of benzene rings is 1. The largest absolute Gasteiger partial charge is 0.421 e. The molecular weight excluding hydrogens is 419 g/mol. The van der Waals surface area contributed by atoms with Gasteiger partial charge in [-0.15, -0.1) is 0 Å². The van der Waals surface area contributed by atoms with Crippen molar-refractivity contribution in [3.8, 4) is 0 Å². The zero-order valence-corrected chi connectivity index (χ0v) is 18.4. The Morgan fingerprint density at radius 1 is 1.03 bits per heavy atom. The molecule has 6 nitrogen and oxygen atoms in total. The maximum atomic E-state index is 13.7. The van der Waals surface area contributed by atoms with E-state index in [0.29, 0.717) is 37.2 Å². The van der Waals surface area contributed by atoms with Crippen LogP contribution in [0.3, 0.4) is 0 Å². The third-order valence-corrected chi connectivity index (χ3v) is 6.13. The predicted molar refractivity (Wildman–Crippen MR) is 119 cm³/mol. The van der Waals surface area contributed by atoms with Crippen LogP contribution in [0, 0.1) is 11.8 Å². The quantitative estimate of drug-likeness (QED) is 0.707. The topological polar surface area (TPSA) is 64.5 Å². The molecule has 1 aromatic heterocycles. The summed E-state index contributed by atoms with van der Waals surface area (Å²) in [5, 5.41) is 12.9. The minimum Gasteiger partial charge on any atom is -0.391 e. The van der Waals surface area contributed by atoms with Gasteiger partial charge in [-0.25, -0.2) is 4.98 Å². The standard InChI is InChI=1S/C23H30F3N5O/c1-15-10-16(2)13-31(12-15)21-20(23(24,25)26)11-27-22(29-21)28-17-5-7-18(8-6-17)30-9-3-4-19(32)14-30/h5-8,11,15-16,19,32H,3-4,9-10,12-14H2,1-2H3,(H,27,28,29). The van der Waals surface area contributed by atoms with Crippen molar-refractivity contribution in [2.45, 2.75) is 45.4 Å². The smallest absolute Gasteiger partial charge is 0.391 e. The molecule has 2 saturated heterocycles. The van der Waals surface area contributed by atoms with E-state index in [-0.39, 0.29) is 17.9 Å². The first-order valence-corrected chi connectivity index (χ1v) is 11.2. The lowest BCUT2D eigenvalue weighted by atomic mass is 9.92. The first-order chi connectivity index (χ1) is 15.2. The van der Waals surface area contributed by atoms with Crippen LogP contribution in [0.1, 0.15) is 38.7 Å². The average molecular weight is 450 g/mol. The fourth-order valence-electron chi connectivity index (χ4n) is 4.78. The van der Waals surface area contributed by atoms with Crippen LogP contribution in [-0.2, 0) is 6.18 Å². The number of aliphatic hydroxyl groups is 1. The highest BCUT2D eigenvalue weighted by atomic mass is 19.4. The molecule has 2 aromatic rings. The van der Waals surface area contributed by atoms with Gasteiger partial charge < -0.3 is 20.2 Å². The molecule has 0 saturated carbocycles. The Labute approximate surface area is 186 Å². The second kappa shape index (κ2) is 9.13. The molecule has 0 aliphatic carbocycles. The summed E-state index contributed by atoms with van der Waals surface area (Å²) in [6.07, 6.45) is -1.21. The van der Waals surface area contributed by atoms with E-state index in [4.69, 9.17) is 0 Å². The third kappa shape index (κ3) is 5.26. The van der Waals surface area contributed by atoms with Crippen molar-refractivity contribution >= 4 is 23.1 Å². The van der Waals surface area contributed by atoms with Crippen molar-refractivity contribution in [3.05, 3.63) is 36.0 Å². The Bertz CT molecular complexity index is 911. The maximum Gasteiger partial charge on any atom is 0.421 e. The number of halogens is 3. The van der Waals surface area contributed by atoms with Gasteiger partial charge in [-0.1, -0.05) is 13.8 Å². The highest BCUT2D eigenvalue weighted by Crippen LogP contribution is 2.38. The number of aromatic nitrogens is 2. The van der Waals surface area contributed by atoms with Gasteiger partial charge in [0.1, 0.15) is 11.4 Å². The summed E-state index contributed by atoms with van der Waals surface area (Å²) in [5.41, 5.74) is 0.889. The van der Waals surface area contributed by atoms with Crippen LogP contribution in [-0.4, -0.2) is 47.4 Å². The first kappa shape index (κ1) is 22.6. The van der Waals surface area contributed by atoms with Gasteiger partial charge in [0.2, 0.25) is 5.95 Å². The Morgan fingerprint density at radius 2 is 1.72 bits per heavy atom. The molecule has 2 fully saturated rings. The molecule has 0 radical (unpaired) electrons. The van der Waals surface area contributed by atoms with E-state index in [0.717, 1.165) is 37.7 Å². The number of nitrogens with one attached hydrogen (secondary N) is 1. The van der Waals surface area contributed by atoms with Gasteiger partial charge in [0.25, 0.3) is 0 Å². The number of aliphatic hydroxyl groups excluding tert-OH is 1. The molecule has 4 rings (SSSR count). The fraction of sp³-hybridized carbons (Fsp3) is 0.565. The van der Waals surface area contributed by atoms with Gasteiger partial charge in [0.15, 0.2) is 0 Å². The van der Waals surface area contributed by atoms with Crippen LogP contribution in [0.4, 0.5) is 36.3 Å². The van der Waals surface area contributed by atoms with Crippen LogP contribution in [0.5, 0.6) is 0 Å². The van der Waals surface area contributed by atoms with Gasteiger partial charge in [0, 0.05) is 43.8 Å². The van der Waals surface area contributed by atoms with E-state index < -0.39 is 11.7 Å². The Kier molecular flexibility index (Phi) is 6.46. The molecule has 2 aliphatic rings. The minimum atomic E-state index is -4.52. The highest BCUT2D eigenvalue weighted by Gasteiger charge is 2.38. The molecule has 1 aromatic carbocycles. The van der Waals surface area contributed by atoms with Crippen LogP contribution >= 0.6 is 0 Å². The van der Waals surface area contributed by atoms with Crippen molar-refractivity contribution in [2.24, 2.45) is 11.8 Å². The van der Waals surface area contributed by atoms with Gasteiger partial charge in [0.05, 0.1) is 6.10 Å². The van der Waals surface area contributed by atoms with E-state index >= 15 is 0 Å². The number of hydrogen-bond acceptors (Lipinski definition) is 6. The second-order valence-electron chi connectivity index (χ2n) is 9.19. The van der Waals surface area contributed by atoms with Gasteiger partial charge in [-0.2, -0.15) is 18.2 Å². The average Bonchev–Trinajstić information content (AvgIpc) is 2.73. The number of hydrogen-bond donors (Lipinski definition) is 2. The van der Waals surface area contributed by atoms with Crippen LogP contribution < -0.4 is 15.1 Å². The Balaban J connectivity index is 1.55. The van der Waals surface area contributed by atoms with E-state index in [1.165, 1.54) is 0 Å². The summed E-state index contributed by atoms with van der Waals surface area (Å²) < 4.78 is 41.0. The molecular formula is C23H30F3N5O. The molecule has 2 aliphatic heterocycles. The summed E-state index contributed by atoms with van der Waals surface area (Å²) >= 11 is 0. The molecule has 174 valence electrons. The second-order valence-corrected chi connectivity index (χ2v) is 9.19. The molecule has 3 unspecified atom stereocenters. The zero-order valence-electron chi connectivity index (χ0n) is 18.4. The van der Waals surface area contributed by atoms with Gasteiger partial charge in [-0.05, 0) is 55.4 Å². The number of nitrogens with zero attached hydrogens (tertiary/aromatic N) is 4. The first-order valence-electron chi connectivity index (χ1n) is 11.2. The molecule has 32 heavy (non-hydrogen) atoms. The van der Waals surface area contributed by atoms with Crippen LogP contribution in [0.15, 0.2) is 30.5 Å². The molecule has 3 atom stereocenters. The summed E-state index contributed by atoms with van der Waals surface area (Å²) in [6, 6.07) is 7.56. The number of β-amino-alcohol motifs (C(OH)–C–C–N with tert-alkyl or cyclic N) is 1. The van der Waals surface area contributed by atoms with E-state index in [1.807, 2.05) is 24.3 Å². The molecule has 3 heterocycles. The molecule has 2 N–H and O–H groups in total. The van der Waals surface area contributed by atoms with Crippen molar-refractivity contribution in [3.63, 3.8) is 0 Å². The molecule has 0 spiro atoms. The maximum absolute atomic E-state index is 13.7. The Hall–Kier alpha value is -2.55. The van der Waals surface area contributed by atoms with Crippen molar-refractivity contribution < 1.29 is 18.3 Å². The number of rotatable bonds is 4. The van der Waals surface area contributed by atoms with E-state index in [2.05, 4.69) is 34.0 Å². The minimum absolute atomic E-state index is 0.0627. The third-order valence-electron chi connectivity index (χ3n) is 6.13. The van der Waals surface area contributed by atoms with Crippen molar-refractivity contribution in [1.29, 1.82) is 0 Å². The van der Waals surface area contributed by atoms with Crippen LogP contribution in [0.2, 0.25) is 0 Å². The van der Waals surface area contributed by atoms with Gasteiger partial charge >= 0.3 is 6.18 Å². The molecule has 0 bridgehead atoms. The van der Waals surface area contributed by atoms with Crippen molar-refractivity contribution in [1.82, 2.24) is 9.97 Å². The van der Waals surface area contributed by atoms with Crippen LogP contribution in [0.25, 0.3) is 0 Å². The monoisotopic (exact) mass is 449 g/mol. The SMILES string of the molecule is CC1CC(C)CN(c2nc(Nc3ccc(N4CCCC(O)C4)cc3)ncc2C(F)(F)F)C1. The molecule has 0 amide bonds. The lowest BCUT2D eigenvalue weighted by Gasteiger charge is -2.36. The fourth-order valence-corrected chi connectivity index (χ4v) is 4.78. The summed E-state index contributed by atoms with van der Waals surface area (Å²) in [7, 11) is 0.